The average Bonchev–Trinajstić information content (AvgIpc) is 3.30. The molecule has 1 aromatic heterocycles. The lowest BCUT2D eigenvalue weighted by atomic mass is 10.1. The molecule has 2 heterocycles. The van der Waals surface area contributed by atoms with E-state index < -0.39 is 26.7 Å². The van der Waals surface area contributed by atoms with E-state index in [0.717, 1.165) is 22.6 Å². The number of sulfonamides is 1. The van der Waals surface area contributed by atoms with Gasteiger partial charge in [0.25, 0.3) is 5.69 Å². The number of nitrogens with one attached hydrogen (secondary N) is 1. The number of esters is 1. The van der Waals surface area contributed by atoms with Crippen LogP contribution in [0.5, 0.6) is 5.75 Å². The molecule has 43 heavy (non-hydrogen) atoms. The third-order valence-corrected chi connectivity index (χ3v) is 10.6. The van der Waals surface area contributed by atoms with Crippen molar-refractivity contribution >= 4 is 50.3 Å². The normalized spacial score (nSPS) is 14.3. The number of nitro benzene ring substituents is 1. The minimum atomic E-state index is -3.41. The van der Waals surface area contributed by atoms with Gasteiger partial charge in [0.1, 0.15) is 11.6 Å². The molecule has 10 nitrogen and oxygen atoms in total. The van der Waals surface area contributed by atoms with E-state index in [0.29, 0.717) is 36.4 Å². The number of carbonyl (C=O) groups is 1. The molecule has 0 spiro atoms. The third kappa shape index (κ3) is 7.16. The van der Waals surface area contributed by atoms with Gasteiger partial charge in [0, 0.05) is 30.9 Å². The molecule has 1 aliphatic heterocycles. The molecule has 0 aliphatic carbocycles. The molecule has 0 atom stereocenters. The highest BCUT2D eigenvalue weighted by Gasteiger charge is 2.29. The number of benzene rings is 3. The van der Waals surface area contributed by atoms with Crippen molar-refractivity contribution in [3.63, 3.8) is 0 Å². The Kier molecular flexibility index (Phi) is 9.31. The molecule has 0 saturated carbocycles. The van der Waals surface area contributed by atoms with Gasteiger partial charge in [-0.3, -0.25) is 10.1 Å². The predicted octanol–water partition coefficient (Wildman–Crippen LogP) is 6.45. The lowest BCUT2D eigenvalue weighted by molar-refractivity contribution is -0.385. The van der Waals surface area contributed by atoms with E-state index in [1.54, 1.807) is 16.4 Å². The second kappa shape index (κ2) is 13.1. The van der Waals surface area contributed by atoms with E-state index >= 15 is 0 Å². The Morgan fingerprint density at radius 1 is 1.07 bits per heavy atom. The van der Waals surface area contributed by atoms with Gasteiger partial charge in [-0.1, -0.05) is 66.2 Å². The van der Waals surface area contributed by atoms with Crippen LogP contribution < -0.4 is 5.32 Å². The molecular weight excluding hydrogens is 614 g/mol. The summed E-state index contributed by atoms with van der Waals surface area (Å²) in [5.41, 5.74) is 2.26. The largest absolute Gasteiger partial charge is 0.505 e. The molecule has 0 bridgehead atoms. The highest BCUT2D eigenvalue weighted by atomic mass is 35.5. The summed E-state index contributed by atoms with van der Waals surface area (Å²) in [4.78, 5) is 23.8. The van der Waals surface area contributed by atoms with Crippen LogP contribution in [-0.4, -0.2) is 47.9 Å². The number of rotatable bonds is 10. The number of halogens is 1. The zero-order valence-corrected chi connectivity index (χ0v) is 25.2. The van der Waals surface area contributed by atoms with Crippen LogP contribution >= 0.6 is 22.9 Å². The number of para-hydroxylation sites is 1. The van der Waals surface area contributed by atoms with Crippen LogP contribution in [0.2, 0.25) is 5.02 Å². The maximum absolute atomic E-state index is 12.9. The molecular formula is C30H28ClN3O7S2. The van der Waals surface area contributed by atoms with E-state index in [-0.39, 0.29) is 39.6 Å². The first-order valence-electron chi connectivity index (χ1n) is 13.4. The van der Waals surface area contributed by atoms with Crippen molar-refractivity contribution in [2.45, 2.75) is 31.2 Å². The summed E-state index contributed by atoms with van der Waals surface area (Å²) in [6.45, 7) is 0.482. The number of carbonyl (C=O) groups excluding carboxylic acids is 1. The molecule has 3 aromatic carbocycles. The molecule has 1 saturated heterocycles. The van der Waals surface area contributed by atoms with Crippen molar-refractivity contribution in [3.05, 3.63) is 110 Å². The van der Waals surface area contributed by atoms with Gasteiger partial charge in [0.15, 0.2) is 10.6 Å². The summed E-state index contributed by atoms with van der Waals surface area (Å²) in [6.07, 6.45) is 1.27. The number of nitro groups is 1. The summed E-state index contributed by atoms with van der Waals surface area (Å²) < 4.78 is 32.6. The minimum Gasteiger partial charge on any atom is -0.505 e. The number of nitrogens with zero attached hydrogens (tertiary/aromatic N) is 2. The van der Waals surface area contributed by atoms with Crippen molar-refractivity contribution in [3.8, 4) is 16.2 Å². The van der Waals surface area contributed by atoms with E-state index in [1.807, 2.05) is 48.5 Å². The molecule has 1 fully saturated rings. The Hall–Kier alpha value is -3.97. The van der Waals surface area contributed by atoms with Gasteiger partial charge in [0.2, 0.25) is 10.0 Å². The van der Waals surface area contributed by atoms with Gasteiger partial charge in [-0.25, -0.2) is 17.5 Å². The first-order chi connectivity index (χ1) is 20.6. The van der Waals surface area contributed by atoms with E-state index in [4.69, 9.17) is 16.3 Å². The number of ether oxygens (including phenoxy) is 1. The SMILES string of the molecule is O=C(OCc1ccccc1[N+](=O)[O-])c1sc(-c2cccc(NC3CCN(S(=O)(=O)Cc4ccccc4)CC3)c2)c(Cl)c1O. The fourth-order valence-electron chi connectivity index (χ4n) is 4.89. The van der Waals surface area contributed by atoms with Gasteiger partial charge in [-0.15, -0.1) is 11.3 Å². The van der Waals surface area contributed by atoms with Crippen molar-refractivity contribution in [1.82, 2.24) is 4.31 Å². The van der Waals surface area contributed by atoms with E-state index in [2.05, 4.69) is 5.32 Å². The number of anilines is 1. The molecule has 2 N–H and O–H groups in total. The Morgan fingerprint density at radius 3 is 2.49 bits per heavy atom. The Labute approximate surface area is 257 Å². The van der Waals surface area contributed by atoms with Crippen molar-refractivity contribution < 1.29 is 28.0 Å². The predicted molar refractivity (Wildman–Crippen MR) is 166 cm³/mol. The molecule has 224 valence electrons. The summed E-state index contributed by atoms with van der Waals surface area (Å²) in [5, 5.41) is 25.3. The number of thiophene rings is 1. The molecule has 0 radical (unpaired) electrons. The van der Waals surface area contributed by atoms with Gasteiger partial charge in [-0.05, 0) is 42.2 Å². The monoisotopic (exact) mass is 641 g/mol. The zero-order valence-electron chi connectivity index (χ0n) is 22.8. The summed E-state index contributed by atoms with van der Waals surface area (Å²) in [5.74, 6) is -1.29. The molecule has 4 aromatic rings. The quantitative estimate of drug-likeness (QED) is 0.114. The van der Waals surface area contributed by atoms with Gasteiger partial charge in [-0.2, -0.15) is 0 Å². The molecule has 13 heteroatoms. The maximum Gasteiger partial charge on any atom is 0.352 e. The van der Waals surface area contributed by atoms with Crippen LogP contribution in [0.3, 0.4) is 0 Å². The Balaban J connectivity index is 1.22. The van der Waals surface area contributed by atoms with Crippen LogP contribution in [-0.2, 0) is 27.1 Å². The Morgan fingerprint density at radius 2 is 1.77 bits per heavy atom. The van der Waals surface area contributed by atoms with Crippen LogP contribution in [0.4, 0.5) is 11.4 Å². The molecule has 5 rings (SSSR count). The molecule has 0 amide bonds. The van der Waals surface area contributed by atoms with Crippen molar-refractivity contribution in [1.29, 1.82) is 0 Å². The molecule has 0 unspecified atom stereocenters. The first-order valence-corrected chi connectivity index (χ1v) is 16.2. The van der Waals surface area contributed by atoms with Crippen LogP contribution in [0.15, 0.2) is 78.9 Å². The molecule has 1 aliphatic rings. The van der Waals surface area contributed by atoms with E-state index in [1.165, 1.54) is 18.2 Å². The number of hydrogen-bond donors (Lipinski definition) is 2. The smallest absolute Gasteiger partial charge is 0.352 e. The standard InChI is InChI=1S/C30H28ClN3O7S2/c31-26-27(35)29(30(36)41-18-22-9-4-5-12-25(22)34(37)38)42-28(26)21-10-6-11-24(17-21)32-23-13-15-33(16-14-23)43(39,40)19-20-7-2-1-3-8-20/h1-12,17,23,32,35H,13-16,18-19H2. The van der Waals surface area contributed by atoms with Gasteiger partial charge < -0.3 is 15.2 Å². The average molecular weight is 642 g/mol. The summed E-state index contributed by atoms with van der Waals surface area (Å²) in [6, 6.07) is 22.4. The maximum atomic E-state index is 12.9. The minimum absolute atomic E-state index is 0.00303. The number of hydrogen-bond acceptors (Lipinski definition) is 9. The van der Waals surface area contributed by atoms with E-state index in [9.17, 15) is 28.4 Å². The first kappa shape index (κ1) is 30.5. The van der Waals surface area contributed by atoms with Crippen molar-refractivity contribution in [2.24, 2.45) is 0 Å². The third-order valence-electron chi connectivity index (χ3n) is 7.09. The van der Waals surface area contributed by atoms with Crippen LogP contribution in [0, 0.1) is 10.1 Å². The topological polar surface area (TPSA) is 139 Å². The van der Waals surface area contributed by atoms with Crippen molar-refractivity contribution in [2.75, 3.05) is 18.4 Å². The summed E-state index contributed by atoms with van der Waals surface area (Å²) in [7, 11) is -3.41. The Bertz CT molecular complexity index is 1740. The second-order valence-electron chi connectivity index (χ2n) is 10.0. The fourth-order valence-corrected chi connectivity index (χ4v) is 7.80. The lowest BCUT2D eigenvalue weighted by Gasteiger charge is -2.32. The van der Waals surface area contributed by atoms with Crippen LogP contribution in [0.1, 0.15) is 33.6 Å². The number of aromatic hydroxyl groups is 1. The summed E-state index contributed by atoms with van der Waals surface area (Å²) >= 11 is 7.38. The lowest BCUT2D eigenvalue weighted by Crippen LogP contribution is -2.42. The zero-order chi connectivity index (χ0) is 30.6. The van der Waals surface area contributed by atoms with Gasteiger partial charge in [0.05, 0.1) is 21.1 Å². The van der Waals surface area contributed by atoms with Crippen LogP contribution in [0.25, 0.3) is 10.4 Å². The number of piperidine rings is 1. The second-order valence-corrected chi connectivity index (χ2v) is 13.4. The highest BCUT2D eigenvalue weighted by molar-refractivity contribution is 7.88. The fraction of sp³-hybridized carbons (Fsp3) is 0.233. The highest BCUT2D eigenvalue weighted by Crippen LogP contribution is 2.45. The van der Waals surface area contributed by atoms with Gasteiger partial charge >= 0.3 is 5.97 Å².